The third-order valence-corrected chi connectivity index (χ3v) is 10.6. The van der Waals surface area contributed by atoms with E-state index in [1.165, 1.54) is 0 Å². The first-order valence-electron chi connectivity index (χ1n) is 16.5. The molecule has 1 aromatic heterocycles. The molecule has 2 fully saturated rings. The molecule has 3 heterocycles. The van der Waals surface area contributed by atoms with Crippen molar-refractivity contribution in [3.8, 4) is 17.5 Å². The van der Waals surface area contributed by atoms with Crippen molar-refractivity contribution in [2.45, 2.75) is 44.8 Å². The minimum Gasteiger partial charge on any atom is -0.377 e. The van der Waals surface area contributed by atoms with E-state index in [9.17, 15) is 14.9 Å². The summed E-state index contributed by atoms with van der Waals surface area (Å²) in [5, 5.41) is 16.1. The van der Waals surface area contributed by atoms with E-state index in [0.29, 0.717) is 69.4 Å². The number of nitrogens with zero attached hydrogens (tertiary/aromatic N) is 7. The van der Waals surface area contributed by atoms with E-state index >= 15 is 0 Å². The molecule has 2 amide bonds. The van der Waals surface area contributed by atoms with Gasteiger partial charge in [0.05, 0.1) is 25.1 Å². The minimum absolute atomic E-state index is 0.0845. The highest BCUT2D eigenvalue weighted by Crippen LogP contribution is 2.27. The topological polar surface area (TPSA) is 151 Å². The van der Waals surface area contributed by atoms with Crippen LogP contribution in [0.15, 0.2) is 66.0 Å². The number of amides is 2. The number of likely N-dealkylation sites (tertiary alicyclic amines) is 1. The van der Waals surface area contributed by atoms with Gasteiger partial charge < -0.3 is 19.9 Å². The second kappa shape index (κ2) is 16.1. The van der Waals surface area contributed by atoms with E-state index in [-0.39, 0.29) is 17.7 Å². The van der Waals surface area contributed by atoms with Crippen LogP contribution in [0.5, 0.6) is 0 Å². The van der Waals surface area contributed by atoms with Crippen LogP contribution < -0.4 is 10.2 Å². The molecule has 2 aliphatic rings. The molecule has 13 heteroatoms. The predicted molar refractivity (Wildman–Crippen MR) is 187 cm³/mol. The van der Waals surface area contributed by atoms with Gasteiger partial charge in [-0.3, -0.25) is 14.5 Å². The Hall–Kier alpha value is -4.51. The molecule has 12 nitrogen and oxygen atoms in total. The summed E-state index contributed by atoms with van der Waals surface area (Å²) in [6.07, 6.45) is 4.13. The van der Waals surface area contributed by atoms with Crippen molar-refractivity contribution in [1.29, 1.82) is 10.8 Å². The minimum atomic E-state index is -1.24. The summed E-state index contributed by atoms with van der Waals surface area (Å²) in [6.45, 7) is 12.1. The van der Waals surface area contributed by atoms with Crippen LogP contribution in [-0.2, 0) is 20.9 Å². The number of carbonyl (C=O) groups excluding carboxylic acids is 2. The molecular weight excluding hydrogens is 623 g/mol. The van der Waals surface area contributed by atoms with Crippen LogP contribution in [-0.4, -0.2) is 92.1 Å². The van der Waals surface area contributed by atoms with Gasteiger partial charge >= 0.3 is 0 Å². The highest BCUT2D eigenvalue weighted by molar-refractivity contribution is 6.76. The van der Waals surface area contributed by atoms with Gasteiger partial charge in [0.25, 0.3) is 0 Å². The Bertz CT molecular complexity index is 1600. The van der Waals surface area contributed by atoms with Crippen molar-refractivity contribution in [2.24, 2.45) is 11.0 Å². The molecular formula is C35H45N9O3Si. The largest absolute Gasteiger partial charge is 0.377 e. The fourth-order valence-electron chi connectivity index (χ4n) is 6.00. The Balaban J connectivity index is 1.09. The van der Waals surface area contributed by atoms with Gasteiger partial charge in [-0.15, -0.1) is 0 Å². The van der Waals surface area contributed by atoms with Gasteiger partial charge in [0.2, 0.25) is 11.8 Å². The number of nitriles is 1. The molecule has 0 radical (unpaired) electrons. The molecule has 0 spiro atoms. The van der Waals surface area contributed by atoms with Crippen LogP contribution in [0.25, 0.3) is 11.4 Å². The second-order valence-electron chi connectivity index (χ2n) is 13.6. The molecule has 2 N–H and O–H groups in total. The van der Waals surface area contributed by atoms with Crippen LogP contribution in [0.2, 0.25) is 25.7 Å². The lowest BCUT2D eigenvalue weighted by Gasteiger charge is -2.36. The van der Waals surface area contributed by atoms with Crippen molar-refractivity contribution in [3.63, 3.8) is 0 Å². The summed E-state index contributed by atoms with van der Waals surface area (Å²) in [5.41, 5.74) is 11.5. The molecule has 5 rings (SSSR count). The SMILES string of the molecule is C[Si](C)(C)CCOCc1ccc(NC(=O)[C@@H]2CCN(CC(=O)N3CCN(c4ccc(-c5ncccn5)cc4)CC3)C2)cc1C(C#N)N=N. The van der Waals surface area contributed by atoms with Crippen molar-refractivity contribution < 1.29 is 14.3 Å². The Morgan fingerprint density at radius 3 is 2.48 bits per heavy atom. The summed E-state index contributed by atoms with van der Waals surface area (Å²) >= 11 is 0. The average Bonchev–Trinajstić information content (AvgIpc) is 3.57. The van der Waals surface area contributed by atoms with Crippen LogP contribution in [0.3, 0.4) is 0 Å². The van der Waals surface area contributed by atoms with E-state index < -0.39 is 14.1 Å². The number of hydrogen-bond acceptors (Lipinski definition) is 10. The molecule has 2 saturated heterocycles. The molecule has 2 atom stereocenters. The number of piperazine rings is 1. The number of benzene rings is 2. The fraction of sp³-hybridized carbons (Fsp3) is 0.457. The first-order chi connectivity index (χ1) is 23.1. The summed E-state index contributed by atoms with van der Waals surface area (Å²) in [7, 11) is -1.24. The highest BCUT2D eigenvalue weighted by Gasteiger charge is 2.31. The van der Waals surface area contributed by atoms with Crippen molar-refractivity contribution >= 4 is 31.3 Å². The number of anilines is 2. The summed E-state index contributed by atoms with van der Waals surface area (Å²) in [5.74, 6) is 0.411. The lowest BCUT2D eigenvalue weighted by atomic mass is 10.0. The predicted octanol–water partition coefficient (Wildman–Crippen LogP) is 5.20. The van der Waals surface area contributed by atoms with Crippen LogP contribution >= 0.6 is 0 Å². The molecule has 48 heavy (non-hydrogen) atoms. The molecule has 252 valence electrons. The van der Waals surface area contributed by atoms with Gasteiger partial charge in [0, 0.05) is 82.3 Å². The second-order valence-corrected chi connectivity index (χ2v) is 19.3. The molecule has 0 aliphatic carbocycles. The number of aromatic nitrogens is 2. The summed E-state index contributed by atoms with van der Waals surface area (Å²) in [4.78, 5) is 41.3. The van der Waals surface area contributed by atoms with E-state index in [0.717, 1.165) is 35.9 Å². The number of rotatable bonds is 13. The first-order valence-corrected chi connectivity index (χ1v) is 20.2. The van der Waals surface area contributed by atoms with Gasteiger partial charge in [-0.25, -0.2) is 15.5 Å². The van der Waals surface area contributed by atoms with E-state index in [2.05, 4.69) is 68.0 Å². The molecule has 2 aliphatic heterocycles. The highest BCUT2D eigenvalue weighted by atomic mass is 28.3. The Labute approximate surface area is 283 Å². The maximum absolute atomic E-state index is 13.2. The smallest absolute Gasteiger partial charge is 0.236 e. The Morgan fingerprint density at radius 2 is 1.81 bits per heavy atom. The molecule has 0 saturated carbocycles. The summed E-state index contributed by atoms with van der Waals surface area (Å²) in [6, 6.07) is 17.5. The van der Waals surface area contributed by atoms with E-state index in [1.807, 2.05) is 23.1 Å². The monoisotopic (exact) mass is 667 g/mol. The average molecular weight is 668 g/mol. The van der Waals surface area contributed by atoms with E-state index in [4.69, 9.17) is 10.3 Å². The van der Waals surface area contributed by atoms with Gasteiger partial charge in [0.1, 0.15) is 0 Å². The molecule has 1 unspecified atom stereocenters. The lowest BCUT2D eigenvalue weighted by molar-refractivity contribution is -0.132. The van der Waals surface area contributed by atoms with Crippen molar-refractivity contribution in [3.05, 3.63) is 72.1 Å². The molecule has 3 aromatic rings. The maximum atomic E-state index is 13.2. The number of hydrogen-bond donors (Lipinski definition) is 2. The van der Waals surface area contributed by atoms with Crippen LogP contribution in [0.1, 0.15) is 23.6 Å². The normalized spacial score (nSPS) is 17.5. The van der Waals surface area contributed by atoms with Gasteiger partial charge in [0.15, 0.2) is 11.9 Å². The van der Waals surface area contributed by atoms with Crippen LogP contribution in [0.4, 0.5) is 11.4 Å². The zero-order valence-corrected chi connectivity index (χ0v) is 29.1. The lowest BCUT2D eigenvalue weighted by Crippen LogP contribution is -2.51. The third-order valence-electron chi connectivity index (χ3n) is 8.90. The zero-order valence-electron chi connectivity index (χ0n) is 28.1. The van der Waals surface area contributed by atoms with Gasteiger partial charge in [-0.2, -0.15) is 10.4 Å². The zero-order chi connectivity index (χ0) is 34.1. The van der Waals surface area contributed by atoms with Crippen molar-refractivity contribution in [2.75, 3.05) is 62.6 Å². The molecule has 0 bridgehead atoms. The first kappa shape index (κ1) is 34.8. The van der Waals surface area contributed by atoms with Gasteiger partial charge in [-0.1, -0.05) is 25.7 Å². The fourth-order valence-corrected chi connectivity index (χ4v) is 6.75. The van der Waals surface area contributed by atoms with E-state index in [1.54, 1.807) is 30.6 Å². The quantitative estimate of drug-likeness (QED) is 0.143. The Morgan fingerprint density at radius 1 is 1.08 bits per heavy atom. The van der Waals surface area contributed by atoms with Crippen LogP contribution in [0, 0.1) is 22.8 Å². The van der Waals surface area contributed by atoms with Crippen molar-refractivity contribution in [1.82, 2.24) is 19.8 Å². The third kappa shape index (κ3) is 9.31. The molecule has 2 aromatic carbocycles. The number of nitrogens with one attached hydrogen (secondary N) is 2. The van der Waals surface area contributed by atoms with Gasteiger partial charge in [-0.05, 0) is 67.0 Å². The standard InChI is InChI=1S/C35H45N9O3Si/c1-48(2,3)20-19-47-25-28-5-8-29(21-31(28)32(22-36)41-37)40-35(46)27-11-14-42(23-27)24-33(45)44-17-15-43(16-18-44)30-9-6-26(7-10-30)34-38-12-4-13-39-34/h4-10,12-13,21,27,32,37H,11,14-20,23-25H2,1-3H3,(H,40,46)/t27-,32?/m1/s1. The maximum Gasteiger partial charge on any atom is 0.236 e. The number of carbonyl (C=O) groups is 2. The summed E-state index contributed by atoms with van der Waals surface area (Å²) < 4.78 is 5.90. The number of ether oxygens (including phenoxy) is 1. The Kier molecular flexibility index (Phi) is 11.6.